The van der Waals surface area contributed by atoms with Gasteiger partial charge in [0, 0.05) is 18.9 Å². The number of amides is 2. The molecular formula is C25H27F3N2O5. The highest BCUT2D eigenvalue weighted by Gasteiger charge is 2.46. The average molecular weight is 492 g/mol. The second-order valence-electron chi connectivity index (χ2n) is 8.57. The summed E-state index contributed by atoms with van der Waals surface area (Å²) in [6.45, 7) is 2.23. The van der Waals surface area contributed by atoms with E-state index in [1.54, 1.807) is 6.92 Å². The van der Waals surface area contributed by atoms with Gasteiger partial charge in [-0.05, 0) is 41.0 Å². The molecule has 10 heteroatoms. The van der Waals surface area contributed by atoms with Crippen molar-refractivity contribution in [2.75, 3.05) is 13.2 Å². The Morgan fingerprint density at radius 1 is 1.00 bits per heavy atom. The van der Waals surface area contributed by atoms with E-state index in [-0.39, 0.29) is 37.8 Å². The first-order valence-corrected chi connectivity index (χ1v) is 11.3. The lowest BCUT2D eigenvalue weighted by molar-refractivity contribution is -0.182. The molecule has 0 radical (unpaired) electrons. The van der Waals surface area contributed by atoms with Gasteiger partial charge in [-0.2, -0.15) is 13.2 Å². The van der Waals surface area contributed by atoms with E-state index in [1.807, 2.05) is 48.5 Å². The molecule has 0 heterocycles. The number of alkyl halides is 3. The van der Waals surface area contributed by atoms with E-state index < -0.39 is 30.2 Å². The molecule has 0 aromatic heterocycles. The van der Waals surface area contributed by atoms with Crippen molar-refractivity contribution in [3.63, 3.8) is 0 Å². The molecule has 0 spiro atoms. The predicted octanol–water partition coefficient (Wildman–Crippen LogP) is 4.46. The summed E-state index contributed by atoms with van der Waals surface area (Å²) in [5.74, 6) is -3.31. The van der Waals surface area contributed by atoms with Crippen molar-refractivity contribution in [3.05, 3.63) is 59.7 Å². The number of carbonyl (C=O) groups excluding carboxylic acids is 2. The standard InChI is InChI=1S/C25H27F3N2O5/c1-15(10-11-21(31)30-22(23(32)33)25(26,27)28)12-13-29-24(34)35-14-20-18-8-4-2-6-16(18)17-7-3-5-9-19(17)20/h2-9,15,20,22H,10-14H2,1H3,(H,29,34)(H,30,31)(H,32,33). The minimum absolute atomic E-state index is 0.0584. The number of benzene rings is 2. The summed E-state index contributed by atoms with van der Waals surface area (Å²) in [6.07, 6.45) is -5.20. The number of halogens is 3. The molecular weight excluding hydrogens is 465 g/mol. The number of hydrogen-bond acceptors (Lipinski definition) is 4. The van der Waals surface area contributed by atoms with E-state index in [0.29, 0.717) is 6.42 Å². The first kappa shape index (κ1) is 26.1. The molecule has 2 unspecified atom stereocenters. The normalized spacial score (nSPS) is 14.4. The van der Waals surface area contributed by atoms with E-state index >= 15 is 0 Å². The van der Waals surface area contributed by atoms with Gasteiger partial charge in [-0.3, -0.25) is 4.79 Å². The number of fused-ring (bicyclic) bond motifs is 3. The Balaban J connectivity index is 1.39. The van der Waals surface area contributed by atoms with Crippen LogP contribution in [-0.4, -0.2) is 48.4 Å². The van der Waals surface area contributed by atoms with Crippen LogP contribution in [-0.2, 0) is 14.3 Å². The van der Waals surface area contributed by atoms with E-state index in [1.165, 1.54) is 5.32 Å². The van der Waals surface area contributed by atoms with Gasteiger partial charge in [0.2, 0.25) is 11.9 Å². The number of carbonyl (C=O) groups is 3. The SMILES string of the molecule is CC(CCNC(=O)OCC1c2ccccc2-c2ccccc21)CCC(=O)NC(C(=O)O)C(F)(F)F. The van der Waals surface area contributed by atoms with Crippen molar-refractivity contribution in [2.45, 2.75) is 44.3 Å². The van der Waals surface area contributed by atoms with Gasteiger partial charge in [0.15, 0.2) is 0 Å². The number of alkyl carbamates (subject to hydrolysis) is 1. The molecule has 2 amide bonds. The first-order chi connectivity index (χ1) is 16.6. The molecule has 3 rings (SSSR count). The lowest BCUT2D eigenvalue weighted by Gasteiger charge is -2.18. The third kappa shape index (κ3) is 6.74. The van der Waals surface area contributed by atoms with Crippen LogP contribution in [0.4, 0.5) is 18.0 Å². The zero-order valence-corrected chi connectivity index (χ0v) is 19.1. The lowest BCUT2D eigenvalue weighted by Crippen LogP contribution is -2.50. The number of nitrogens with one attached hydrogen (secondary N) is 2. The van der Waals surface area contributed by atoms with Crippen LogP contribution >= 0.6 is 0 Å². The second kappa shape index (κ2) is 11.2. The first-order valence-electron chi connectivity index (χ1n) is 11.3. The lowest BCUT2D eigenvalue weighted by atomic mass is 9.98. The van der Waals surface area contributed by atoms with E-state index in [2.05, 4.69) is 5.32 Å². The molecule has 1 aliphatic carbocycles. The van der Waals surface area contributed by atoms with Crippen LogP contribution in [0.3, 0.4) is 0 Å². The smallest absolute Gasteiger partial charge is 0.419 e. The van der Waals surface area contributed by atoms with Gasteiger partial charge in [-0.15, -0.1) is 0 Å². The maximum atomic E-state index is 12.6. The molecule has 188 valence electrons. The summed E-state index contributed by atoms with van der Waals surface area (Å²) in [7, 11) is 0. The van der Waals surface area contributed by atoms with Gasteiger partial charge in [-0.1, -0.05) is 55.5 Å². The molecule has 7 nitrogen and oxygen atoms in total. The predicted molar refractivity (Wildman–Crippen MR) is 122 cm³/mol. The number of carboxylic acid groups (broad SMARTS) is 1. The number of rotatable bonds is 10. The largest absolute Gasteiger partial charge is 0.479 e. The monoisotopic (exact) mass is 492 g/mol. The van der Waals surface area contributed by atoms with Crippen molar-refractivity contribution in [3.8, 4) is 11.1 Å². The quantitative estimate of drug-likeness (QED) is 0.454. The maximum absolute atomic E-state index is 12.6. The fourth-order valence-corrected chi connectivity index (χ4v) is 4.11. The van der Waals surface area contributed by atoms with Crippen LogP contribution in [0.2, 0.25) is 0 Å². The summed E-state index contributed by atoms with van der Waals surface area (Å²) in [5, 5.41) is 12.8. The fraction of sp³-hybridized carbons (Fsp3) is 0.400. The summed E-state index contributed by atoms with van der Waals surface area (Å²) < 4.78 is 43.3. The van der Waals surface area contributed by atoms with Crippen molar-refractivity contribution < 1.29 is 37.4 Å². The molecule has 0 bridgehead atoms. The third-order valence-corrected chi connectivity index (χ3v) is 5.99. The topological polar surface area (TPSA) is 105 Å². The molecule has 0 saturated heterocycles. The Kier molecular flexibility index (Phi) is 8.37. The highest BCUT2D eigenvalue weighted by atomic mass is 19.4. The van der Waals surface area contributed by atoms with E-state index in [0.717, 1.165) is 22.3 Å². The highest BCUT2D eigenvalue weighted by Crippen LogP contribution is 2.44. The van der Waals surface area contributed by atoms with Crippen molar-refractivity contribution in [2.24, 2.45) is 5.92 Å². The molecule has 3 N–H and O–H groups in total. The number of ether oxygens (including phenoxy) is 1. The summed E-state index contributed by atoms with van der Waals surface area (Å²) in [6, 6.07) is 13.0. The molecule has 2 aromatic rings. The van der Waals surface area contributed by atoms with Crippen LogP contribution in [0, 0.1) is 5.92 Å². The summed E-state index contributed by atoms with van der Waals surface area (Å²) in [5.41, 5.74) is 4.45. The number of aliphatic carboxylic acids is 1. The summed E-state index contributed by atoms with van der Waals surface area (Å²) in [4.78, 5) is 34.6. The van der Waals surface area contributed by atoms with Crippen molar-refractivity contribution in [1.29, 1.82) is 0 Å². The Bertz CT molecular complexity index is 1030. The Morgan fingerprint density at radius 2 is 1.57 bits per heavy atom. The third-order valence-electron chi connectivity index (χ3n) is 5.99. The van der Waals surface area contributed by atoms with Crippen LogP contribution in [0.5, 0.6) is 0 Å². The molecule has 2 atom stereocenters. The Hall–Kier alpha value is -3.56. The van der Waals surface area contributed by atoms with Crippen molar-refractivity contribution in [1.82, 2.24) is 10.6 Å². The average Bonchev–Trinajstić information content (AvgIpc) is 3.12. The minimum Gasteiger partial charge on any atom is -0.479 e. The van der Waals surface area contributed by atoms with Crippen LogP contribution < -0.4 is 10.6 Å². The van der Waals surface area contributed by atoms with Gasteiger partial charge in [0.25, 0.3) is 0 Å². The Morgan fingerprint density at radius 3 is 2.11 bits per heavy atom. The molecule has 0 aliphatic heterocycles. The fourth-order valence-electron chi connectivity index (χ4n) is 4.11. The van der Waals surface area contributed by atoms with Crippen LogP contribution in [0.25, 0.3) is 11.1 Å². The van der Waals surface area contributed by atoms with E-state index in [9.17, 15) is 27.6 Å². The number of carboxylic acids is 1. The van der Waals surface area contributed by atoms with E-state index in [4.69, 9.17) is 9.84 Å². The van der Waals surface area contributed by atoms with Gasteiger partial charge in [-0.25, -0.2) is 9.59 Å². The maximum Gasteiger partial charge on any atom is 0.419 e. The number of hydrogen-bond donors (Lipinski definition) is 3. The highest BCUT2D eigenvalue weighted by molar-refractivity contribution is 5.84. The van der Waals surface area contributed by atoms with Crippen molar-refractivity contribution >= 4 is 18.0 Å². The van der Waals surface area contributed by atoms with Gasteiger partial charge >= 0.3 is 18.2 Å². The summed E-state index contributed by atoms with van der Waals surface area (Å²) >= 11 is 0. The van der Waals surface area contributed by atoms with Crippen LogP contribution in [0.15, 0.2) is 48.5 Å². The molecule has 35 heavy (non-hydrogen) atoms. The van der Waals surface area contributed by atoms with Gasteiger partial charge < -0.3 is 20.5 Å². The zero-order valence-electron chi connectivity index (χ0n) is 19.1. The van der Waals surface area contributed by atoms with Crippen LogP contribution in [0.1, 0.15) is 43.2 Å². The minimum atomic E-state index is -5.07. The molecule has 2 aromatic carbocycles. The molecule has 0 fully saturated rings. The Labute approximate surface area is 200 Å². The molecule has 1 aliphatic rings. The van der Waals surface area contributed by atoms with Gasteiger partial charge in [0.05, 0.1) is 0 Å². The molecule has 0 saturated carbocycles. The van der Waals surface area contributed by atoms with Gasteiger partial charge in [0.1, 0.15) is 6.61 Å². The second-order valence-corrected chi connectivity index (χ2v) is 8.57. The zero-order chi connectivity index (χ0) is 25.6.